The fraction of sp³-hybridized carbons (Fsp3) is 0.600. The molecule has 0 radical (unpaired) electrons. The summed E-state index contributed by atoms with van der Waals surface area (Å²) in [5, 5.41) is 0. The normalized spacial score (nSPS) is 10.2. The third-order valence-corrected chi connectivity index (χ3v) is 0.789. The SMILES string of the molecule is COC(=O)C(C)N=C=O.Cl. The predicted octanol–water partition coefficient (Wildman–Crippen LogP) is 0.305. The standard InChI is InChI=1S/C5H7NO3.ClH/c1-4(6-3-7)5(8)9-2;/h4H,1-2H3;1H. The third-order valence-electron chi connectivity index (χ3n) is 0.789. The van der Waals surface area contributed by atoms with Gasteiger partial charge in [0.05, 0.1) is 7.11 Å². The van der Waals surface area contributed by atoms with Crippen molar-refractivity contribution >= 4 is 24.5 Å². The second-order valence-electron chi connectivity index (χ2n) is 1.42. The van der Waals surface area contributed by atoms with Crippen molar-refractivity contribution in [2.75, 3.05) is 7.11 Å². The van der Waals surface area contributed by atoms with Gasteiger partial charge in [0.2, 0.25) is 6.08 Å². The molecule has 0 amide bonds. The molecule has 10 heavy (non-hydrogen) atoms. The second kappa shape index (κ2) is 6.26. The van der Waals surface area contributed by atoms with Crippen molar-refractivity contribution < 1.29 is 14.3 Å². The minimum atomic E-state index is -0.729. The highest BCUT2D eigenvalue weighted by Crippen LogP contribution is 1.88. The summed E-state index contributed by atoms with van der Waals surface area (Å²) in [7, 11) is 1.24. The maximum Gasteiger partial charge on any atom is 0.331 e. The molecule has 0 fully saturated rings. The van der Waals surface area contributed by atoms with Gasteiger partial charge in [-0.25, -0.2) is 9.59 Å². The summed E-state index contributed by atoms with van der Waals surface area (Å²) in [6, 6.07) is -0.729. The molecule has 58 valence electrons. The van der Waals surface area contributed by atoms with Crippen LogP contribution in [-0.4, -0.2) is 25.2 Å². The van der Waals surface area contributed by atoms with Gasteiger partial charge in [0.15, 0.2) is 6.04 Å². The molecule has 1 unspecified atom stereocenters. The van der Waals surface area contributed by atoms with Crippen LogP contribution in [0.3, 0.4) is 0 Å². The van der Waals surface area contributed by atoms with Gasteiger partial charge in [-0.2, -0.15) is 4.99 Å². The summed E-state index contributed by atoms with van der Waals surface area (Å²) in [5.74, 6) is -0.529. The van der Waals surface area contributed by atoms with Gasteiger partial charge in [-0.1, -0.05) is 0 Å². The largest absolute Gasteiger partial charge is 0.467 e. The zero-order chi connectivity index (χ0) is 7.28. The molecular weight excluding hydrogens is 158 g/mol. The monoisotopic (exact) mass is 165 g/mol. The summed E-state index contributed by atoms with van der Waals surface area (Å²) >= 11 is 0. The predicted molar refractivity (Wildman–Crippen MR) is 36.8 cm³/mol. The van der Waals surface area contributed by atoms with Crippen molar-refractivity contribution in [2.24, 2.45) is 4.99 Å². The van der Waals surface area contributed by atoms with Gasteiger partial charge in [0.25, 0.3) is 0 Å². The Labute approximate surface area is 64.7 Å². The maximum absolute atomic E-state index is 10.4. The molecule has 0 rings (SSSR count). The quantitative estimate of drug-likeness (QED) is 0.336. The molecule has 4 nitrogen and oxygen atoms in total. The highest BCUT2D eigenvalue weighted by molar-refractivity contribution is 5.85. The number of ether oxygens (including phenoxy) is 1. The summed E-state index contributed by atoms with van der Waals surface area (Å²) in [5.41, 5.74) is 0. The Kier molecular flexibility index (Phi) is 7.44. The first-order valence-corrected chi connectivity index (χ1v) is 2.37. The van der Waals surface area contributed by atoms with Gasteiger partial charge in [0, 0.05) is 0 Å². The molecular formula is C5H8ClNO3. The van der Waals surface area contributed by atoms with E-state index >= 15 is 0 Å². The molecule has 0 aromatic heterocycles. The molecule has 0 N–H and O–H groups in total. The van der Waals surface area contributed by atoms with Gasteiger partial charge < -0.3 is 4.74 Å². The highest BCUT2D eigenvalue weighted by atomic mass is 35.5. The Morgan fingerprint density at radius 2 is 2.20 bits per heavy atom. The lowest BCUT2D eigenvalue weighted by molar-refractivity contribution is -0.141. The van der Waals surface area contributed by atoms with E-state index in [1.54, 1.807) is 0 Å². The van der Waals surface area contributed by atoms with E-state index in [1.807, 2.05) is 0 Å². The number of rotatable bonds is 2. The summed E-state index contributed by atoms with van der Waals surface area (Å²) in [6.45, 7) is 1.46. The second-order valence-corrected chi connectivity index (χ2v) is 1.42. The van der Waals surface area contributed by atoms with Crippen LogP contribution in [0.5, 0.6) is 0 Å². The van der Waals surface area contributed by atoms with Crippen LogP contribution in [0.25, 0.3) is 0 Å². The molecule has 0 bridgehead atoms. The molecule has 0 aliphatic heterocycles. The average molecular weight is 166 g/mol. The van der Waals surface area contributed by atoms with Crippen molar-refractivity contribution in [3.05, 3.63) is 0 Å². The number of methoxy groups -OCH3 is 1. The Morgan fingerprint density at radius 1 is 1.70 bits per heavy atom. The Hall–Kier alpha value is -0.860. The van der Waals surface area contributed by atoms with Gasteiger partial charge >= 0.3 is 5.97 Å². The van der Waals surface area contributed by atoms with Crippen molar-refractivity contribution in [3.8, 4) is 0 Å². The maximum atomic E-state index is 10.4. The van der Waals surface area contributed by atoms with E-state index in [0.29, 0.717) is 0 Å². The first-order valence-electron chi connectivity index (χ1n) is 2.37. The van der Waals surface area contributed by atoms with Crippen molar-refractivity contribution in [1.82, 2.24) is 0 Å². The number of nitrogens with zero attached hydrogens (tertiary/aromatic N) is 1. The average Bonchev–Trinajstić information content (AvgIpc) is 1.87. The minimum absolute atomic E-state index is 0. The number of hydrogen-bond acceptors (Lipinski definition) is 4. The summed E-state index contributed by atoms with van der Waals surface area (Å²) < 4.78 is 4.25. The molecule has 0 saturated heterocycles. The number of esters is 1. The van der Waals surface area contributed by atoms with Gasteiger partial charge in [-0.3, -0.25) is 0 Å². The van der Waals surface area contributed by atoms with Gasteiger partial charge in [0.1, 0.15) is 0 Å². The number of hydrogen-bond donors (Lipinski definition) is 0. The number of carbonyl (C=O) groups is 1. The van der Waals surface area contributed by atoms with Crippen LogP contribution in [0.15, 0.2) is 4.99 Å². The van der Waals surface area contributed by atoms with Crippen LogP contribution in [-0.2, 0) is 14.3 Å². The lowest BCUT2D eigenvalue weighted by Gasteiger charge is -1.97. The van der Waals surface area contributed by atoms with E-state index in [1.165, 1.54) is 20.1 Å². The molecule has 0 aromatic rings. The van der Waals surface area contributed by atoms with Crippen LogP contribution < -0.4 is 0 Å². The van der Waals surface area contributed by atoms with Crippen LogP contribution in [0.2, 0.25) is 0 Å². The zero-order valence-electron chi connectivity index (χ0n) is 5.66. The van der Waals surface area contributed by atoms with Crippen molar-refractivity contribution in [1.29, 1.82) is 0 Å². The molecule has 0 aliphatic carbocycles. The van der Waals surface area contributed by atoms with E-state index in [2.05, 4.69) is 9.73 Å². The lowest BCUT2D eigenvalue weighted by atomic mass is 10.4. The van der Waals surface area contributed by atoms with E-state index < -0.39 is 12.0 Å². The molecule has 1 atom stereocenters. The van der Waals surface area contributed by atoms with Crippen LogP contribution >= 0.6 is 12.4 Å². The zero-order valence-corrected chi connectivity index (χ0v) is 6.47. The molecule has 5 heteroatoms. The number of isocyanates is 1. The van der Waals surface area contributed by atoms with Crippen LogP contribution in [0.4, 0.5) is 0 Å². The minimum Gasteiger partial charge on any atom is -0.467 e. The van der Waals surface area contributed by atoms with Crippen molar-refractivity contribution in [3.63, 3.8) is 0 Å². The van der Waals surface area contributed by atoms with Gasteiger partial charge in [-0.05, 0) is 6.92 Å². The lowest BCUT2D eigenvalue weighted by Crippen LogP contribution is -2.15. The van der Waals surface area contributed by atoms with E-state index in [-0.39, 0.29) is 12.4 Å². The highest BCUT2D eigenvalue weighted by Gasteiger charge is 2.09. The van der Waals surface area contributed by atoms with Gasteiger partial charge in [-0.15, -0.1) is 12.4 Å². The Bertz CT molecular complexity index is 153. The van der Waals surface area contributed by atoms with Crippen LogP contribution in [0, 0.1) is 0 Å². The summed E-state index contributed by atoms with van der Waals surface area (Å²) in [6.07, 6.45) is 1.26. The van der Waals surface area contributed by atoms with E-state index in [0.717, 1.165) is 0 Å². The fourth-order valence-electron chi connectivity index (χ4n) is 0.302. The molecule has 0 spiro atoms. The number of carbonyl (C=O) groups excluding carboxylic acids is 2. The molecule has 0 aromatic carbocycles. The topological polar surface area (TPSA) is 55.7 Å². The van der Waals surface area contributed by atoms with Crippen LogP contribution in [0.1, 0.15) is 6.92 Å². The first kappa shape index (κ1) is 11.9. The molecule has 0 heterocycles. The Balaban J connectivity index is 0. The Morgan fingerprint density at radius 3 is 2.50 bits per heavy atom. The number of halogens is 1. The molecule has 0 saturated carbocycles. The van der Waals surface area contributed by atoms with E-state index in [9.17, 15) is 9.59 Å². The fourth-order valence-corrected chi connectivity index (χ4v) is 0.302. The summed E-state index contributed by atoms with van der Waals surface area (Å²) in [4.78, 5) is 23.1. The van der Waals surface area contributed by atoms with E-state index in [4.69, 9.17) is 0 Å². The van der Waals surface area contributed by atoms with Crippen molar-refractivity contribution in [2.45, 2.75) is 13.0 Å². The molecule has 0 aliphatic rings. The first-order chi connectivity index (χ1) is 4.22. The third kappa shape index (κ3) is 4.06. The smallest absolute Gasteiger partial charge is 0.331 e. The number of aliphatic imine (C=N–C) groups is 1.